The molecule has 5 heteroatoms. The molecule has 0 aliphatic rings. The highest BCUT2D eigenvalue weighted by Gasteiger charge is 2.36. The molecule has 0 bridgehead atoms. The van der Waals surface area contributed by atoms with Crippen molar-refractivity contribution in [3.05, 3.63) is 0 Å². The molecule has 0 radical (unpaired) electrons. The molecule has 100 valence electrons. The van der Waals surface area contributed by atoms with Gasteiger partial charge >= 0.3 is 11.9 Å². The van der Waals surface area contributed by atoms with Crippen LogP contribution in [0, 0.1) is 10.8 Å². The summed E-state index contributed by atoms with van der Waals surface area (Å²) >= 11 is 3.23. The molecule has 0 aromatic heterocycles. The van der Waals surface area contributed by atoms with Gasteiger partial charge in [0.1, 0.15) is 0 Å². The van der Waals surface area contributed by atoms with Crippen LogP contribution in [0.2, 0.25) is 0 Å². The maximum Gasteiger partial charge on any atom is 0.320 e. The van der Waals surface area contributed by atoms with Gasteiger partial charge in [0, 0.05) is 11.9 Å². The van der Waals surface area contributed by atoms with Gasteiger partial charge < -0.3 is 9.64 Å². The van der Waals surface area contributed by atoms with Crippen LogP contribution in [0.5, 0.6) is 0 Å². The number of carbonyl (C=O) groups excluding carboxylic acids is 2. The van der Waals surface area contributed by atoms with Crippen molar-refractivity contribution in [1.82, 2.24) is 4.90 Å². The number of hydrogen-bond donors (Lipinski definition) is 0. The van der Waals surface area contributed by atoms with Gasteiger partial charge in [0.15, 0.2) is 0 Å². The lowest BCUT2D eigenvalue weighted by atomic mass is 9.92. The second kappa shape index (κ2) is 5.96. The average Bonchev–Trinajstić information content (AvgIpc) is 2.15. The molecule has 0 heterocycles. The number of carbonyl (C=O) groups is 2. The number of nitrogens with zero attached hydrogens (tertiary/aromatic N) is 1. The smallest absolute Gasteiger partial charge is 0.320 e. The Morgan fingerprint density at radius 3 is 1.82 bits per heavy atom. The van der Waals surface area contributed by atoms with E-state index < -0.39 is 22.8 Å². The molecule has 0 rings (SSSR count). The molecule has 0 amide bonds. The summed E-state index contributed by atoms with van der Waals surface area (Å²) in [7, 11) is 3.75. The van der Waals surface area contributed by atoms with Crippen LogP contribution < -0.4 is 0 Å². The summed E-state index contributed by atoms with van der Waals surface area (Å²) in [6.07, 6.45) is 0. The first-order chi connectivity index (χ1) is 7.53. The SMILES string of the molecule is CN(C)CC(C)(C)C(=O)OC(=O)C(C)(C)CBr. The number of ether oxygens (including phenoxy) is 1. The summed E-state index contributed by atoms with van der Waals surface area (Å²) in [6, 6.07) is 0. The lowest BCUT2D eigenvalue weighted by Gasteiger charge is -2.27. The molecule has 4 nitrogen and oxygen atoms in total. The van der Waals surface area contributed by atoms with Crippen LogP contribution in [-0.4, -0.2) is 42.8 Å². The normalized spacial score (nSPS) is 12.7. The van der Waals surface area contributed by atoms with Crippen molar-refractivity contribution >= 4 is 27.9 Å². The first-order valence-corrected chi connectivity index (χ1v) is 6.62. The van der Waals surface area contributed by atoms with E-state index in [1.54, 1.807) is 27.7 Å². The van der Waals surface area contributed by atoms with Crippen LogP contribution in [0.4, 0.5) is 0 Å². The maximum atomic E-state index is 11.9. The summed E-state index contributed by atoms with van der Waals surface area (Å²) in [5.74, 6) is -0.976. The predicted octanol–water partition coefficient (Wildman–Crippen LogP) is 2.07. The fraction of sp³-hybridized carbons (Fsp3) is 0.833. The first kappa shape index (κ1) is 16.6. The molecular weight excluding hydrogens is 286 g/mol. The van der Waals surface area contributed by atoms with Gasteiger partial charge in [0.05, 0.1) is 10.8 Å². The highest BCUT2D eigenvalue weighted by atomic mass is 79.9. The van der Waals surface area contributed by atoms with E-state index in [4.69, 9.17) is 4.74 Å². The van der Waals surface area contributed by atoms with Gasteiger partial charge in [0.2, 0.25) is 0 Å². The van der Waals surface area contributed by atoms with Crippen LogP contribution in [0.25, 0.3) is 0 Å². The Bertz CT molecular complexity index is 298. The Morgan fingerprint density at radius 2 is 1.47 bits per heavy atom. The number of alkyl halides is 1. The minimum Gasteiger partial charge on any atom is -0.392 e. The van der Waals surface area contributed by atoms with Gasteiger partial charge in [-0.1, -0.05) is 15.9 Å². The summed E-state index contributed by atoms with van der Waals surface area (Å²) in [5, 5.41) is 0.459. The van der Waals surface area contributed by atoms with Crippen molar-refractivity contribution < 1.29 is 14.3 Å². The second-order valence-corrected chi connectivity index (χ2v) is 6.38. The Hall–Kier alpha value is -0.420. The molecule has 0 aromatic rings. The van der Waals surface area contributed by atoms with Gasteiger partial charge in [0.25, 0.3) is 0 Å². The fourth-order valence-corrected chi connectivity index (χ4v) is 1.50. The van der Waals surface area contributed by atoms with Crippen molar-refractivity contribution in [1.29, 1.82) is 0 Å². The van der Waals surface area contributed by atoms with Crippen molar-refractivity contribution in [2.45, 2.75) is 27.7 Å². The molecule has 0 aliphatic heterocycles. The Balaban J connectivity index is 4.60. The van der Waals surface area contributed by atoms with E-state index in [1.165, 1.54) is 0 Å². The molecule has 0 unspecified atom stereocenters. The molecule has 0 aromatic carbocycles. The zero-order chi connectivity index (χ0) is 13.9. The largest absolute Gasteiger partial charge is 0.392 e. The predicted molar refractivity (Wildman–Crippen MR) is 71.0 cm³/mol. The van der Waals surface area contributed by atoms with Crippen molar-refractivity contribution in [2.24, 2.45) is 10.8 Å². The number of esters is 2. The minimum absolute atomic E-state index is 0.459. The van der Waals surface area contributed by atoms with E-state index >= 15 is 0 Å². The zero-order valence-corrected chi connectivity index (χ0v) is 13.1. The van der Waals surface area contributed by atoms with E-state index in [0.29, 0.717) is 11.9 Å². The van der Waals surface area contributed by atoms with Crippen LogP contribution in [0.1, 0.15) is 27.7 Å². The lowest BCUT2D eigenvalue weighted by Crippen LogP contribution is -2.40. The maximum absolute atomic E-state index is 11.9. The molecule has 0 fully saturated rings. The van der Waals surface area contributed by atoms with E-state index in [0.717, 1.165) is 0 Å². The van der Waals surface area contributed by atoms with E-state index in [2.05, 4.69) is 15.9 Å². The minimum atomic E-state index is -0.693. The second-order valence-electron chi connectivity index (χ2n) is 5.82. The average molecular weight is 308 g/mol. The highest BCUT2D eigenvalue weighted by Crippen LogP contribution is 2.24. The van der Waals surface area contributed by atoms with Crippen LogP contribution in [0.15, 0.2) is 0 Å². The topological polar surface area (TPSA) is 46.6 Å². The van der Waals surface area contributed by atoms with Crippen molar-refractivity contribution in [2.75, 3.05) is 26.0 Å². The molecule has 0 spiro atoms. The quantitative estimate of drug-likeness (QED) is 0.443. The van der Waals surface area contributed by atoms with Crippen molar-refractivity contribution in [3.8, 4) is 0 Å². The molecule has 17 heavy (non-hydrogen) atoms. The standard InChI is InChI=1S/C12H22BrNO3/c1-11(2,7-13)9(15)17-10(16)12(3,4)8-14(5)6/h7-8H2,1-6H3. The fourth-order valence-electron chi connectivity index (χ4n) is 1.27. The van der Waals surface area contributed by atoms with E-state index in [9.17, 15) is 9.59 Å². The Labute approximate surface area is 112 Å². The van der Waals surface area contributed by atoms with Gasteiger partial charge in [-0.05, 0) is 41.8 Å². The molecule has 0 N–H and O–H groups in total. The third-order valence-electron chi connectivity index (χ3n) is 2.34. The van der Waals surface area contributed by atoms with E-state index in [-0.39, 0.29) is 0 Å². The Kier molecular flexibility index (Phi) is 5.81. The number of halogens is 1. The lowest BCUT2D eigenvalue weighted by molar-refractivity contribution is -0.171. The molecular formula is C12H22BrNO3. The van der Waals surface area contributed by atoms with Crippen molar-refractivity contribution in [3.63, 3.8) is 0 Å². The molecule has 0 aliphatic carbocycles. The highest BCUT2D eigenvalue weighted by molar-refractivity contribution is 9.09. The summed E-state index contributed by atoms with van der Waals surface area (Å²) < 4.78 is 4.94. The van der Waals surface area contributed by atoms with Gasteiger partial charge in [-0.2, -0.15) is 0 Å². The summed E-state index contributed by atoms with van der Waals surface area (Å²) in [4.78, 5) is 25.5. The third kappa shape index (κ3) is 5.17. The van der Waals surface area contributed by atoms with Gasteiger partial charge in [-0.25, -0.2) is 0 Å². The Morgan fingerprint density at radius 1 is 1.06 bits per heavy atom. The van der Waals surface area contributed by atoms with Crippen LogP contribution in [0.3, 0.4) is 0 Å². The monoisotopic (exact) mass is 307 g/mol. The number of hydrogen-bond acceptors (Lipinski definition) is 4. The van der Waals surface area contributed by atoms with Gasteiger partial charge in [-0.3, -0.25) is 9.59 Å². The van der Waals surface area contributed by atoms with E-state index in [1.807, 2.05) is 19.0 Å². The van der Waals surface area contributed by atoms with Crippen LogP contribution in [-0.2, 0) is 14.3 Å². The third-order valence-corrected chi connectivity index (χ3v) is 3.74. The zero-order valence-electron chi connectivity index (χ0n) is 11.5. The number of rotatable bonds is 5. The van der Waals surface area contributed by atoms with Gasteiger partial charge in [-0.15, -0.1) is 0 Å². The summed E-state index contributed by atoms with van der Waals surface area (Å²) in [6.45, 7) is 7.54. The first-order valence-electron chi connectivity index (χ1n) is 5.50. The molecule has 0 saturated heterocycles. The molecule has 0 saturated carbocycles. The molecule has 0 atom stereocenters. The summed E-state index contributed by atoms with van der Waals surface area (Å²) in [5.41, 5.74) is -1.38. The van der Waals surface area contributed by atoms with Crippen LogP contribution >= 0.6 is 15.9 Å².